The van der Waals surface area contributed by atoms with Crippen LogP contribution >= 0.6 is 0 Å². The summed E-state index contributed by atoms with van der Waals surface area (Å²) in [6, 6.07) is 7.78. The van der Waals surface area contributed by atoms with Crippen molar-refractivity contribution in [3.8, 4) is 0 Å². The van der Waals surface area contributed by atoms with Gasteiger partial charge in [-0.3, -0.25) is 4.79 Å². The van der Waals surface area contributed by atoms with E-state index in [9.17, 15) is 4.79 Å². The molecule has 0 N–H and O–H groups in total. The van der Waals surface area contributed by atoms with Crippen LogP contribution in [-0.4, -0.2) is 49.1 Å². The highest BCUT2D eigenvalue weighted by Gasteiger charge is 2.27. The Hall–Kier alpha value is -2.77. The number of aryl methyl sites for hydroxylation is 1. The van der Waals surface area contributed by atoms with Crippen LogP contribution in [0.15, 0.2) is 35.0 Å². The number of amides is 1. The van der Waals surface area contributed by atoms with E-state index < -0.39 is 0 Å². The molecule has 1 fully saturated rings. The van der Waals surface area contributed by atoms with Crippen LogP contribution in [0, 0.1) is 0 Å². The lowest BCUT2D eigenvalue weighted by atomic mass is 9.97. The second-order valence-electron chi connectivity index (χ2n) is 6.38. The molecule has 0 saturated carbocycles. The van der Waals surface area contributed by atoms with Crippen molar-refractivity contribution < 1.29 is 9.21 Å². The second kappa shape index (κ2) is 7.00. The van der Waals surface area contributed by atoms with E-state index in [0.29, 0.717) is 19.5 Å². The molecule has 2 aromatic heterocycles. The van der Waals surface area contributed by atoms with Crippen LogP contribution < -0.4 is 0 Å². The second-order valence-corrected chi connectivity index (χ2v) is 6.38. The number of piperidine rings is 1. The van der Waals surface area contributed by atoms with E-state index >= 15 is 0 Å². The van der Waals surface area contributed by atoms with E-state index in [1.807, 2.05) is 29.2 Å². The molecule has 8 nitrogen and oxygen atoms in total. The van der Waals surface area contributed by atoms with Crippen LogP contribution in [0.2, 0.25) is 0 Å². The minimum atomic E-state index is 0.171. The van der Waals surface area contributed by atoms with Crippen molar-refractivity contribution in [1.29, 1.82) is 0 Å². The molecule has 1 aromatic carbocycles. The number of aromatic nitrogens is 5. The summed E-state index contributed by atoms with van der Waals surface area (Å²) in [5.74, 6) is 1.09. The van der Waals surface area contributed by atoms with Crippen molar-refractivity contribution >= 4 is 17.0 Å². The van der Waals surface area contributed by atoms with Gasteiger partial charge in [0.05, 0.1) is 5.92 Å². The average molecular weight is 340 g/mol. The zero-order valence-corrected chi connectivity index (χ0v) is 13.9. The molecule has 1 aliphatic heterocycles. The number of nitrogens with zero attached hydrogens (tertiary/aromatic N) is 6. The van der Waals surface area contributed by atoms with Crippen molar-refractivity contribution in [2.45, 2.75) is 38.1 Å². The van der Waals surface area contributed by atoms with E-state index in [-0.39, 0.29) is 11.8 Å². The highest BCUT2D eigenvalue weighted by Crippen LogP contribution is 2.29. The van der Waals surface area contributed by atoms with E-state index in [2.05, 4.69) is 20.5 Å². The van der Waals surface area contributed by atoms with Crippen molar-refractivity contribution in [2.75, 3.05) is 13.1 Å². The fourth-order valence-electron chi connectivity index (χ4n) is 3.30. The van der Waals surface area contributed by atoms with E-state index in [1.165, 1.54) is 0 Å². The summed E-state index contributed by atoms with van der Waals surface area (Å²) < 4.78 is 7.53. The van der Waals surface area contributed by atoms with Gasteiger partial charge in [-0.2, -0.15) is 0 Å². The lowest BCUT2D eigenvalue weighted by Crippen LogP contribution is -2.39. The van der Waals surface area contributed by atoms with Gasteiger partial charge in [-0.25, -0.2) is 9.67 Å². The normalized spacial score (nSPS) is 17.9. The summed E-state index contributed by atoms with van der Waals surface area (Å²) in [5, 5.41) is 11.0. The van der Waals surface area contributed by atoms with Crippen LogP contribution in [0.25, 0.3) is 11.1 Å². The molecular formula is C17H20N6O2. The monoisotopic (exact) mass is 340 g/mol. The molecule has 0 spiro atoms. The number of carbonyl (C=O) groups excluding carboxylic acids is 1. The molecule has 1 amide bonds. The Morgan fingerprint density at radius 2 is 2.24 bits per heavy atom. The average Bonchev–Trinajstić information content (AvgIpc) is 3.31. The Morgan fingerprint density at radius 1 is 1.32 bits per heavy atom. The third-order valence-corrected chi connectivity index (χ3v) is 4.60. The first-order chi connectivity index (χ1) is 12.3. The van der Waals surface area contributed by atoms with Gasteiger partial charge in [0.1, 0.15) is 11.8 Å². The molecule has 0 radical (unpaired) electrons. The Morgan fingerprint density at radius 3 is 3.08 bits per heavy atom. The predicted molar refractivity (Wildman–Crippen MR) is 89.6 cm³/mol. The summed E-state index contributed by atoms with van der Waals surface area (Å²) >= 11 is 0. The Kier molecular flexibility index (Phi) is 4.41. The maximum absolute atomic E-state index is 12.5. The third-order valence-electron chi connectivity index (χ3n) is 4.60. The number of hydrogen-bond donors (Lipinski definition) is 0. The molecule has 130 valence electrons. The summed E-state index contributed by atoms with van der Waals surface area (Å²) in [6.45, 7) is 2.14. The number of rotatable bonds is 5. The standard InChI is InChI=1S/C17H20N6O2/c24-16(8-4-10-23-12-18-20-21-23)22-9-3-5-13(11-22)17-19-14-6-1-2-7-15(14)25-17/h1-2,6-7,12-13H,3-5,8-11H2/t13-/m1/s1. The number of para-hydroxylation sites is 2. The summed E-state index contributed by atoms with van der Waals surface area (Å²) in [6.07, 6.45) is 4.77. The molecule has 1 atom stereocenters. The van der Waals surface area contributed by atoms with E-state index in [0.717, 1.165) is 42.8 Å². The number of carbonyl (C=O) groups is 1. The van der Waals surface area contributed by atoms with Crippen molar-refractivity contribution in [1.82, 2.24) is 30.1 Å². The number of hydrogen-bond acceptors (Lipinski definition) is 6. The smallest absolute Gasteiger partial charge is 0.222 e. The zero-order chi connectivity index (χ0) is 17.1. The Balaban J connectivity index is 1.36. The van der Waals surface area contributed by atoms with E-state index in [1.54, 1.807) is 11.0 Å². The summed E-state index contributed by atoms with van der Waals surface area (Å²) in [5.41, 5.74) is 1.68. The summed E-state index contributed by atoms with van der Waals surface area (Å²) in [4.78, 5) is 19.0. The van der Waals surface area contributed by atoms with Crippen molar-refractivity contribution in [2.24, 2.45) is 0 Å². The molecule has 0 bridgehead atoms. The first-order valence-corrected chi connectivity index (χ1v) is 8.63. The number of benzene rings is 1. The minimum absolute atomic E-state index is 0.171. The van der Waals surface area contributed by atoms with Gasteiger partial charge >= 0.3 is 0 Å². The molecular weight excluding hydrogens is 320 g/mol. The quantitative estimate of drug-likeness (QED) is 0.706. The molecule has 0 unspecified atom stereocenters. The highest BCUT2D eigenvalue weighted by atomic mass is 16.3. The molecule has 1 aliphatic rings. The van der Waals surface area contributed by atoms with Gasteiger partial charge in [0, 0.05) is 26.1 Å². The van der Waals surface area contributed by atoms with Gasteiger partial charge in [-0.05, 0) is 41.8 Å². The lowest BCUT2D eigenvalue weighted by molar-refractivity contribution is -0.132. The molecule has 8 heteroatoms. The topological polar surface area (TPSA) is 89.9 Å². The van der Waals surface area contributed by atoms with Crippen LogP contribution in [0.4, 0.5) is 0 Å². The minimum Gasteiger partial charge on any atom is -0.440 e. The molecule has 1 saturated heterocycles. The van der Waals surface area contributed by atoms with Crippen molar-refractivity contribution in [3.63, 3.8) is 0 Å². The van der Waals surface area contributed by atoms with Crippen LogP contribution in [0.1, 0.15) is 37.5 Å². The molecule has 3 aromatic rings. The van der Waals surface area contributed by atoms with Gasteiger partial charge in [0.2, 0.25) is 5.91 Å². The zero-order valence-electron chi connectivity index (χ0n) is 13.9. The maximum Gasteiger partial charge on any atom is 0.222 e. The molecule has 25 heavy (non-hydrogen) atoms. The van der Waals surface area contributed by atoms with Gasteiger partial charge in [0.15, 0.2) is 11.5 Å². The Labute approximate surface area is 144 Å². The third kappa shape index (κ3) is 3.52. The highest BCUT2D eigenvalue weighted by molar-refractivity contribution is 5.76. The fourth-order valence-corrected chi connectivity index (χ4v) is 3.30. The SMILES string of the molecule is O=C(CCCn1cnnn1)N1CCC[C@@H](c2nc3ccccc3o2)C1. The van der Waals surface area contributed by atoms with Gasteiger partial charge in [0.25, 0.3) is 0 Å². The fraction of sp³-hybridized carbons (Fsp3) is 0.471. The van der Waals surface area contributed by atoms with Gasteiger partial charge in [-0.15, -0.1) is 5.10 Å². The number of oxazole rings is 1. The lowest BCUT2D eigenvalue weighted by Gasteiger charge is -2.31. The van der Waals surface area contributed by atoms with Gasteiger partial charge < -0.3 is 9.32 Å². The summed E-state index contributed by atoms with van der Waals surface area (Å²) in [7, 11) is 0. The Bertz CT molecular complexity index is 811. The van der Waals surface area contributed by atoms with Crippen LogP contribution in [0.3, 0.4) is 0 Å². The predicted octanol–water partition coefficient (Wildman–Crippen LogP) is 2.00. The largest absolute Gasteiger partial charge is 0.440 e. The van der Waals surface area contributed by atoms with Crippen molar-refractivity contribution in [3.05, 3.63) is 36.5 Å². The van der Waals surface area contributed by atoms with Crippen LogP contribution in [0.5, 0.6) is 0 Å². The molecule has 3 heterocycles. The van der Waals surface area contributed by atoms with E-state index in [4.69, 9.17) is 4.42 Å². The first-order valence-electron chi connectivity index (χ1n) is 8.63. The van der Waals surface area contributed by atoms with Crippen LogP contribution in [-0.2, 0) is 11.3 Å². The number of tetrazole rings is 1. The molecule has 4 rings (SSSR count). The first kappa shape index (κ1) is 15.7. The number of fused-ring (bicyclic) bond motifs is 1. The number of likely N-dealkylation sites (tertiary alicyclic amines) is 1. The van der Waals surface area contributed by atoms with Gasteiger partial charge in [-0.1, -0.05) is 12.1 Å². The molecule has 0 aliphatic carbocycles. The maximum atomic E-state index is 12.5.